The molecule has 2 aromatic rings. The fourth-order valence-electron chi connectivity index (χ4n) is 3.88. The van der Waals surface area contributed by atoms with Crippen LogP contribution >= 0.6 is 0 Å². The Morgan fingerprint density at radius 2 is 1.71 bits per heavy atom. The largest absolute Gasteiger partial charge is 0.381 e. The summed E-state index contributed by atoms with van der Waals surface area (Å²) in [5, 5.41) is 3.39. The molecule has 2 fully saturated rings. The van der Waals surface area contributed by atoms with Gasteiger partial charge in [0, 0.05) is 43.5 Å². The second-order valence-corrected chi connectivity index (χ2v) is 9.32. The summed E-state index contributed by atoms with van der Waals surface area (Å²) in [6.45, 7) is 2.38. The molecule has 1 N–H and O–H groups in total. The van der Waals surface area contributed by atoms with E-state index in [1.165, 1.54) is 10.4 Å². The van der Waals surface area contributed by atoms with E-state index in [1.807, 2.05) is 30.3 Å². The molecule has 2 heterocycles. The van der Waals surface area contributed by atoms with Crippen LogP contribution < -0.4 is 5.32 Å². The summed E-state index contributed by atoms with van der Waals surface area (Å²) in [6.07, 6.45) is 2.77. The molecule has 4 rings (SSSR count). The number of nitrogens with one attached hydrogen (secondary N) is 1. The monoisotopic (exact) mass is 399 g/mol. The molecule has 1 unspecified atom stereocenters. The van der Waals surface area contributed by atoms with E-state index in [0.717, 1.165) is 38.0 Å². The number of amides is 1. The standard InChI is InChI=1S/C21H25N3O3S/c25-21(23-12-4-5-13-23)17-7-6-10-20(15-17)28(26,27)24-14-11-19(16-24)22-18-8-2-1-3-9-18/h1-3,6-10,15,19,22H,4-5,11-14,16H2. The molecular formula is C21H25N3O3S. The van der Waals surface area contributed by atoms with Gasteiger partial charge in [-0.05, 0) is 49.6 Å². The Hall–Kier alpha value is -2.38. The first-order valence-electron chi connectivity index (χ1n) is 9.75. The number of nitrogens with zero attached hydrogens (tertiary/aromatic N) is 2. The highest BCUT2D eigenvalue weighted by Gasteiger charge is 2.33. The molecule has 0 bridgehead atoms. The molecule has 2 aliphatic heterocycles. The van der Waals surface area contributed by atoms with E-state index in [2.05, 4.69) is 5.32 Å². The van der Waals surface area contributed by atoms with Crippen LogP contribution in [0.15, 0.2) is 59.5 Å². The summed E-state index contributed by atoms with van der Waals surface area (Å²) in [5.41, 5.74) is 1.44. The summed E-state index contributed by atoms with van der Waals surface area (Å²) in [6, 6.07) is 16.3. The van der Waals surface area contributed by atoms with Crippen LogP contribution in [0.1, 0.15) is 29.6 Å². The summed E-state index contributed by atoms with van der Waals surface area (Å²) in [5.74, 6) is -0.0837. The first-order valence-corrected chi connectivity index (χ1v) is 11.2. The minimum Gasteiger partial charge on any atom is -0.381 e. The number of sulfonamides is 1. The number of benzene rings is 2. The second kappa shape index (κ2) is 7.93. The predicted molar refractivity (Wildman–Crippen MR) is 109 cm³/mol. The van der Waals surface area contributed by atoms with Gasteiger partial charge in [-0.2, -0.15) is 4.31 Å². The van der Waals surface area contributed by atoms with Gasteiger partial charge in [0.2, 0.25) is 10.0 Å². The van der Waals surface area contributed by atoms with Gasteiger partial charge in [0.1, 0.15) is 0 Å². The molecule has 2 aromatic carbocycles. The van der Waals surface area contributed by atoms with E-state index in [-0.39, 0.29) is 16.8 Å². The van der Waals surface area contributed by atoms with E-state index >= 15 is 0 Å². The maximum absolute atomic E-state index is 13.1. The lowest BCUT2D eigenvalue weighted by Gasteiger charge is -2.19. The Morgan fingerprint density at radius 1 is 0.964 bits per heavy atom. The zero-order chi connectivity index (χ0) is 19.6. The summed E-state index contributed by atoms with van der Waals surface area (Å²) < 4.78 is 27.7. The van der Waals surface area contributed by atoms with Crippen LogP contribution in [0.4, 0.5) is 5.69 Å². The Balaban J connectivity index is 1.48. The van der Waals surface area contributed by atoms with Crippen molar-refractivity contribution in [2.45, 2.75) is 30.2 Å². The highest BCUT2D eigenvalue weighted by atomic mass is 32.2. The van der Waals surface area contributed by atoms with Crippen LogP contribution in [0.2, 0.25) is 0 Å². The van der Waals surface area contributed by atoms with E-state index in [9.17, 15) is 13.2 Å². The van der Waals surface area contributed by atoms with Crippen molar-refractivity contribution in [3.05, 3.63) is 60.2 Å². The molecule has 28 heavy (non-hydrogen) atoms. The van der Waals surface area contributed by atoms with E-state index in [1.54, 1.807) is 23.1 Å². The molecular weight excluding hydrogens is 374 g/mol. The van der Waals surface area contributed by atoms with Crippen molar-refractivity contribution < 1.29 is 13.2 Å². The van der Waals surface area contributed by atoms with Gasteiger partial charge in [0.05, 0.1) is 4.90 Å². The first-order chi connectivity index (χ1) is 13.5. The smallest absolute Gasteiger partial charge is 0.253 e. The average molecular weight is 400 g/mol. The molecule has 2 saturated heterocycles. The Labute approximate surface area is 166 Å². The number of para-hydroxylation sites is 1. The normalized spacial score (nSPS) is 20.4. The lowest BCUT2D eigenvalue weighted by Crippen LogP contribution is -2.32. The van der Waals surface area contributed by atoms with Gasteiger partial charge in [-0.15, -0.1) is 0 Å². The third-order valence-corrected chi connectivity index (χ3v) is 7.27. The lowest BCUT2D eigenvalue weighted by molar-refractivity contribution is 0.0792. The Morgan fingerprint density at radius 3 is 2.46 bits per heavy atom. The van der Waals surface area contributed by atoms with Crippen molar-refractivity contribution in [2.75, 3.05) is 31.5 Å². The lowest BCUT2D eigenvalue weighted by atomic mass is 10.2. The number of hydrogen-bond donors (Lipinski definition) is 1. The number of carbonyl (C=O) groups is 1. The molecule has 1 atom stereocenters. The van der Waals surface area contributed by atoms with Crippen LogP contribution in [0.25, 0.3) is 0 Å². The summed E-state index contributed by atoms with van der Waals surface area (Å²) in [7, 11) is -3.62. The van der Waals surface area contributed by atoms with Crippen LogP contribution in [0, 0.1) is 0 Å². The minimum atomic E-state index is -3.62. The zero-order valence-electron chi connectivity index (χ0n) is 15.8. The van der Waals surface area contributed by atoms with Crippen molar-refractivity contribution in [3.8, 4) is 0 Å². The van der Waals surface area contributed by atoms with Crippen LogP contribution in [-0.4, -0.2) is 55.8 Å². The van der Waals surface area contributed by atoms with Crippen molar-refractivity contribution in [3.63, 3.8) is 0 Å². The molecule has 0 aromatic heterocycles. The Kier molecular flexibility index (Phi) is 5.37. The predicted octanol–water partition coefficient (Wildman–Crippen LogP) is 2.80. The fourth-order valence-corrected chi connectivity index (χ4v) is 5.42. The number of likely N-dealkylation sites (tertiary alicyclic amines) is 1. The van der Waals surface area contributed by atoms with Crippen molar-refractivity contribution in [2.24, 2.45) is 0 Å². The third kappa shape index (κ3) is 3.91. The fraction of sp³-hybridized carbons (Fsp3) is 0.381. The van der Waals surface area contributed by atoms with E-state index in [0.29, 0.717) is 18.7 Å². The van der Waals surface area contributed by atoms with Gasteiger partial charge in [0.15, 0.2) is 0 Å². The van der Waals surface area contributed by atoms with Gasteiger partial charge >= 0.3 is 0 Å². The summed E-state index contributed by atoms with van der Waals surface area (Å²) >= 11 is 0. The molecule has 0 aliphatic carbocycles. The van der Waals surface area contributed by atoms with Crippen LogP contribution in [-0.2, 0) is 10.0 Å². The molecule has 2 aliphatic rings. The van der Waals surface area contributed by atoms with E-state index in [4.69, 9.17) is 0 Å². The Bertz CT molecular complexity index is 940. The highest BCUT2D eigenvalue weighted by molar-refractivity contribution is 7.89. The second-order valence-electron chi connectivity index (χ2n) is 7.39. The van der Waals surface area contributed by atoms with E-state index < -0.39 is 10.0 Å². The molecule has 0 saturated carbocycles. The molecule has 148 valence electrons. The van der Waals surface area contributed by atoms with Gasteiger partial charge in [-0.25, -0.2) is 8.42 Å². The van der Waals surface area contributed by atoms with Gasteiger partial charge in [-0.1, -0.05) is 24.3 Å². The summed E-state index contributed by atoms with van der Waals surface area (Å²) in [4.78, 5) is 14.6. The van der Waals surface area contributed by atoms with Crippen molar-refractivity contribution in [1.29, 1.82) is 0 Å². The van der Waals surface area contributed by atoms with Gasteiger partial charge < -0.3 is 10.2 Å². The molecule has 0 radical (unpaired) electrons. The van der Waals surface area contributed by atoms with Crippen LogP contribution in [0.5, 0.6) is 0 Å². The maximum Gasteiger partial charge on any atom is 0.253 e. The quantitative estimate of drug-likeness (QED) is 0.839. The molecule has 1 amide bonds. The number of anilines is 1. The average Bonchev–Trinajstić information content (AvgIpc) is 3.41. The third-order valence-electron chi connectivity index (χ3n) is 5.41. The SMILES string of the molecule is O=C(c1cccc(S(=O)(=O)N2CCC(Nc3ccccc3)C2)c1)N1CCCC1. The highest BCUT2D eigenvalue weighted by Crippen LogP contribution is 2.24. The van der Waals surface area contributed by atoms with Crippen LogP contribution in [0.3, 0.4) is 0 Å². The number of hydrogen-bond acceptors (Lipinski definition) is 4. The van der Waals surface area contributed by atoms with Gasteiger partial charge in [-0.3, -0.25) is 4.79 Å². The minimum absolute atomic E-state index is 0.0755. The van der Waals surface area contributed by atoms with Crippen molar-refractivity contribution in [1.82, 2.24) is 9.21 Å². The number of carbonyl (C=O) groups excluding carboxylic acids is 1. The maximum atomic E-state index is 13.1. The zero-order valence-corrected chi connectivity index (χ0v) is 16.6. The first kappa shape index (κ1) is 19.0. The molecule has 7 heteroatoms. The molecule has 6 nitrogen and oxygen atoms in total. The van der Waals surface area contributed by atoms with Crippen molar-refractivity contribution >= 4 is 21.6 Å². The van der Waals surface area contributed by atoms with Gasteiger partial charge in [0.25, 0.3) is 5.91 Å². The molecule has 0 spiro atoms. The topological polar surface area (TPSA) is 69.7 Å². The number of rotatable bonds is 5.